The van der Waals surface area contributed by atoms with Crippen molar-refractivity contribution in [2.75, 3.05) is 20.6 Å². The molecule has 8 nitrogen and oxygen atoms in total. The van der Waals surface area contributed by atoms with Gasteiger partial charge in [0.15, 0.2) is 5.76 Å². The zero-order chi connectivity index (χ0) is 24.0. The maximum atomic E-state index is 12.6. The van der Waals surface area contributed by atoms with Gasteiger partial charge in [-0.15, -0.1) is 0 Å². The fraction of sp³-hybridized carbons (Fsp3) is 0.480. The molecule has 1 aliphatic heterocycles. The number of likely N-dealkylation sites (N-methyl/N-ethyl adjacent to an activating group) is 2. The smallest absolute Gasteiger partial charge is 0.287 e. The van der Waals surface area contributed by atoms with Gasteiger partial charge in [0, 0.05) is 19.2 Å². The first kappa shape index (κ1) is 24.5. The number of carbonyl (C=O) groups excluding carboxylic acids is 3. The van der Waals surface area contributed by atoms with Gasteiger partial charge in [0.25, 0.3) is 5.91 Å². The molecule has 2 atom stereocenters. The highest BCUT2D eigenvalue weighted by molar-refractivity contribution is 5.96. The Hall–Kier alpha value is -3.13. The number of hydrogen-bond acceptors (Lipinski definition) is 5. The summed E-state index contributed by atoms with van der Waals surface area (Å²) in [4.78, 5) is 39.3. The molecule has 0 saturated carbocycles. The van der Waals surface area contributed by atoms with Crippen molar-refractivity contribution in [3.63, 3.8) is 0 Å². The average Bonchev–Trinajstić information content (AvgIpc) is 3.31. The van der Waals surface area contributed by atoms with E-state index >= 15 is 0 Å². The van der Waals surface area contributed by atoms with Crippen LogP contribution in [-0.2, 0) is 16.1 Å². The number of hydrogen-bond donors (Lipinski definition) is 3. The first-order valence-electron chi connectivity index (χ1n) is 11.5. The normalized spacial score (nSPS) is 17.4. The molecule has 3 rings (SSSR count). The van der Waals surface area contributed by atoms with Gasteiger partial charge >= 0.3 is 0 Å². The number of piperidine rings is 1. The molecular formula is C25H34N4O4. The van der Waals surface area contributed by atoms with Crippen LogP contribution in [0.2, 0.25) is 0 Å². The molecule has 1 aromatic heterocycles. The minimum Gasteiger partial charge on any atom is -0.451 e. The Morgan fingerprint density at radius 1 is 1.15 bits per heavy atom. The number of carbonyl (C=O) groups is 3. The Morgan fingerprint density at radius 2 is 1.94 bits per heavy atom. The van der Waals surface area contributed by atoms with Crippen LogP contribution >= 0.6 is 0 Å². The predicted octanol–water partition coefficient (Wildman–Crippen LogP) is 2.55. The van der Waals surface area contributed by atoms with Crippen molar-refractivity contribution in [3.05, 3.63) is 47.7 Å². The topological polar surface area (TPSA) is 104 Å². The number of nitrogens with zero attached hydrogens (tertiary/aromatic N) is 1. The molecule has 0 aliphatic carbocycles. The van der Waals surface area contributed by atoms with E-state index in [9.17, 15) is 14.4 Å². The summed E-state index contributed by atoms with van der Waals surface area (Å²) in [5, 5.41) is 8.33. The van der Waals surface area contributed by atoms with Gasteiger partial charge in [0.1, 0.15) is 11.8 Å². The Bertz CT molecular complexity index is 984. The van der Waals surface area contributed by atoms with Gasteiger partial charge in [-0.05, 0) is 56.1 Å². The molecule has 33 heavy (non-hydrogen) atoms. The highest BCUT2D eigenvalue weighted by atomic mass is 16.4. The molecule has 0 bridgehead atoms. The van der Waals surface area contributed by atoms with Crippen LogP contribution in [0.5, 0.6) is 0 Å². The summed E-state index contributed by atoms with van der Waals surface area (Å²) in [5.74, 6) is -0.0261. The summed E-state index contributed by atoms with van der Waals surface area (Å²) < 4.78 is 5.78. The van der Waals surface area contributed by atoms with Crippen molar-refractivity contribution >= 4 is 17.7 Å². The van der Waals surface area contributed by atoms with Crippen molar-refractivity contribution in [1.82, 2.24) is 20.9 Å². The SMILES string of the molecule is CNC(=O)C(NC(=O)c1ccc(-c2cccc(CNC(=O)C3CCCCN3C)c2)o1)C(C)C. The number of likely N-dealkylation sites (tertiary alicyclic amines) is 1. The largest absolute Gasteiger partial charge is 0.451 e. The Morgan fingerprint density at radius 3 is 2.64 bits per heavy atom. The van der Waals surface area contributed by atoms with Crippen LogP contribution in [0.15, 0.2) is 40.8 Å². The number of furan rings is 1. The third-order valence-corrected chi connectivity index (χ3v) is 6.06. The number of rotatable bonds is 8. The van der Waals surface area contributed by atoms with Gasteiger partial charge in [-0.25, -0.2) is 0 Å². The first-order chi connectivity index (χ1) is 15.8. The minimum atomic E-state index is -0.647. The zero-order valence-corrected chi connectivity index (χ0v) is 19.8. The van der Waals surface area contributed by atoms with Crippen LogP contribution in [0.25, 0.3) is 11.3 Å². The van der Waals surface area contributed by atoms with Crippen LogP contribution in [0, 0.1) is 5.92 Å². The minimum absolute atomic E-state index is 0.0513. The van der Waals surface area contributed by atoms with Gasteiger partial charge in [-0.2, -0.15) is 0 Å². The molecule has 1 aliphatic rings. The van der Waals surface area contributed by atoms with E-state index in [-0.39, 0.29) is 29.5 Å². The van der Waals surface area contributed by atoms with E-state index < -0.39 is 11.9 Å². The fourth-order valence-corrected chi connectivity index (χ4v) is 4.07. The third-order valence-electron chi connectivity index (χ3n) is 6.06. The molecule has 3 amide bonds. The lowest BCUT2D eigenvalue weighted by atomic mass is 10.0. The third kappa shape index (κ3) is 6.22. The van der Waals surface area contributed by atoms with E-state index in [1.54, 1.807) is 12.1 Å². The van der Waals surface area contributed by atoms with Gasteiger partial charge in [-0.3, -0.25) is 19.3 Å². The second-order valence-electron chi connectivity index (χ2n) is 8.88. The molecule has 178 valence electrons. The summed E-state index contributed by atoms with van der Waals surface area (Å²) in [5.41, 5.74) is 1.75. The Labute approximate surface area is 195 Å². The van der Waals surface area contributed by atoms with Crippen LogP contribution in [0.3, 0.4) is 0 Å². The predicted molar refractivity (Wildman–Crippen MR) is 126 cm³/mol. The second kappa shape index (κ2) is 11.1. The molecule has 2 aromatic rings. The lowest BCUT2D eigenvalue weighted by Gasteiger charge is -2.31. The van der Waals surface area contributed by atoms with E-state index in [0.29, 0.717) is 12.3 Å². The van der Waals surface area contributed by atoms with Crippen LogP contribution in [0.4, 0.5) is 0 Å². The quantitative estimate of drug-likeness (QED) is 0.569. The summed E-state index contributed by atoms with van der Waals surface area (Å²) in [6, 6.07) is 10.3. The maximum absolute atomic E-state index is 12.6. The van der Waals surface area contributed by atoms with Gasteiger partial charge in [0.2, 0.25) is 11.8 Å². The number of nitrogens with one attached hydrogen (secondary N) is 3. The standard InChI is InChI=1S/C25H34N4O4/c1-16(2)22(25(32)26-3)28-24(31)21-12-11-20(33-21)18-9-7-8-17(14-18)15-27-23(30)19-10-5-6-13-29(19)4/h7-9,11-12,14,16,19,22H,5-6,10,13,15H2,1-4H3,(H,26,32)(H,27,30)(H,28,31). The summed E-state index contributed by atoms with van der Waals surface area (Å²) in [7, 11) is 3.53. The molecule has 2 heterocycles. The van der Waals surface area contributed by atoms with Crippen molar-refractivity contribution in [3.8, 4) is 11.3 Å². The van der Waals surface area contributed by atoms with Crippen LogP contribution in [0.1, 0.15) is 49.2 Å². The van der Waals surface area contributed by atoms with E-state index in [1.165, 1.54) is 7.05 Å². The summed E-state index contributed by atoms with van der Waals surface area (Å²) >= 11 is 0. The summed E-state index contributed by atoms with van der Waals surface area (Å²) in [6.45, 7) is 5.10. The highest BCUT2D eigenvalue weighted by Crippen LogP contribution is 2.24. The lowest BCUT2D eigenvalue weighted by Crippen LogP contribution is -2.48. The molecule has 1 aromatic carbocycles. The van der Waals surface area contributed by atoms with Crippen LogP contribution < -0.4 is 16.0 Å². The van der Waals surface area contributed by atoms with E-state index in [2.05, 4.69) is 20.9 Å². The molecule has 0 spiro atoms. The maximum Gasteiger partial charge on any atom is 0.287 e. The van der Waals surface area contributed by atoms with Crippen molar-refractivity contribution in [2.45, 2.75) is 51.7 Å². The highest BCUT2D eigenvalue weighted by Gasteiger charge is 2.26. The zero-order valence-electron chi connectivity index (χ0n) is 19.8. The van der Waals surface area contributed by atoms with Crippen molar-refractivity contribution < 1.29 is 18.8 Å². The van der Waals surface area contributed by atoms with E-state index in [1.807, 2.05) is 45.2 Å². The van der Waals surface area contributed by atoms with E-state index in [4.69, 9.17) is 4.42 Å². The molecule has 3 N–H and O–H groups in total. The molecule has 0 radical (unpaired) electrons. The lowest BCUT2D eigenvalue weighted by molar-refractivity contribution is -0.127. The summed E-state index contributed by atoms with van der Waals surface area (Å²) in [6.07, 6.45) is 3.10. The average molecular weight is 455 g/mol. The monoisotopic (exact) mass is 454 g/mol. The molecule has 1 saturated heterocycles. The fourth-order valence-electron chi connectivity index (χ4n) is 4.07. The molecule has 2 unspecified atom stereocenters. The van der Waals surface area contributed by atoms with Crippen molar-refractivity contribution in [2.24, 2.45) is 5.92 Å². The van der Waals surface area contributed by atoms with Gasteiger partial charge in [-0.1, -0.05) is 38.5 Å². The molecule has 8 heteroatoms. The Balaban J connectivity index is 1.64. The molecular weight excluding hydrogens is 420 g/mol. The van der Waals surface area contributed by atoms with Crippen molar-refractivity contribution in [1.29, 1.82) is 0 Å². The molecule has 1 fully saturated rings. The van der Waals surface area contributed by atoms with Gasteiger partial charge in [0.05, 0.1) is 6.04 Å². The van der Waals surface area contributed by atoms with E-state index in [0.717, 1.165) is 36.9 Å². The number of amides is 3. The first-order valence-corrected chi connectivity index (χ1v) is 11.5. The number of benzene rings is 1. The van der Waals surface area contributed by atoms with Gasteiger partial charge < -0.3 is 20.4 Å². The van der Waals surface area contributed by atoms with Crippen LogP contribution in [-0.4, -0.2) is 55.3 Å². The Kier molecular flexibility index (Phi) is 8.27. The second-order valence-corrected chi connectivity index (χ2v) is 8.88.